The first-order valence-corrected chi connectivity index (χ1v) is 9.72. The number of morpholine rings is 1. The first kappa shape index (κ1) is 19.6. The van der Waals surface area contributed by atoms with Crippen LogP contribution in [-0.2, 0) is 16.6 Å². The molecule has 0 saturated carbocycles. The number of carbonyl (C=O) groups is 1. The van der Waals surface area contributed by atoms with Gasteiger partial charge in [0.05, 0.1) is 25.1 Å². The van der Waals surface area contributed by atoms with Crippen LogP contribution in [0.25, 0.3) is 0 Å². The average Bonchev–Trinajstić information content (AvgIpc) is 3.11. The summed E-state index contributed by atoms with van der Waals surface area (Å²) in [4.78, 5) is 23.2. The van der Waals surface area contributed by atoms with Gasteiger partial charge in [-0.2, -0.15) is 5.10 Å². The van der Waals surface area contributed by atoms with Gasteiger partial charge in [-0.25, -0.2) is 0 Å². The number of ether oxygens (including phenoxy) is 1. The zero-order valence-corrected chi connectivity index (χ0v) is 16.4. The van der Waals surface area contributed by atoms with E-state index in [0.717, 1.165) is 70.4 Å². The summed E-state index contributed by atoms with van der Waals surface area (Å²) in [6.45, 7) is 7.50. The van der Waals surface area contributed by atoms with Gasteiger partial charge in [-0.3, -0.25) is 19.4 Å². The Hall–Kier alpha value is -2.13. The van der Waals surface area contributed by atoms with Crippen molar-refractivity contribution in [2.24, 2.45) is 12.0 Å². The van der Waals surface area contributed by atoms with E-state index in [1.807, 2.05) is 18.1 Å². The molecule has 2 aliphatic rings. The molecule has 9 heteroatoms. The number of nitrogens with one attached hydrogen (secondary N) is 1. The summed E-state index contributed by atoms with van der Waals surface area (Å²) in [5.74, 6) is 0.880. The second-order valence-corrected chi connectivity index (χ2v) is 6.97. The van der Waals surface area contributed by atoms with Crippen LogP contribution in [0.4, 0.5) is 5.69 Å². The minimum atomic E-state index is 0.0736. The number of aryl methyl sites for hydroxylation is 1. The van der Waals surface area contributed by atoms with E-state index in [4.69, 9.17) is 4.74 Å². The third-order valence-corrected chi connectivity index (χ3v) is 5.02. The van der Waals surface area contributed by atoms with Crippen LogP contribution in [0.15, 0.2) is 17.4 Å². The zero-order valence-electron chi connectivity index (χ0n) is 16.4. The number of aromatic nitrogens is 2. The SMILES string of the molecule is CN=C(NCCCCN1CCOCC1)N1CCN(c2cnn(C)c2)C(=O)C1. The third-order valence-electron chi connectivity index (χ3n) is 5.02. The Morgan fingerprint density at radius 1 is 1.26 bits per heavy atom. The maximum absolute atomic E-state index is 12.5. The lowest BCUT2D eigenvalue weighted by Gasteiger charge is -2.35. The second kappa shape index (κ2) is 9.70. The predicted octanol–water partition coefficient (Wildman–Crippen LogP) is -0.243. The van der Waals surface area contributed by atoms with Crippen LogP contribution in [0.3, 0.4) is 0 Å². The molecule has 0 bridgehead atoms. The van der Waals surface area contributed by atoms with Crippen LogP contribution in [0.1, 0.15) is 12.8 Å². The monoisotopic (exact) mass is 377 g/mol. The Labute approximate surface area is 161 Å². The van der Waals surface area contributed by atoms with Crippen molar-refractivity contribution in [2.75, 3.05) is 71.0 Å². The lowest BCUT2D eigenvalue weighted by molar-refractivity contribution is -0.120. The van der Waals surface area contributed by atoms with Crippen molar-refractivity contribution in [1.82, 2.24) is 24.9 Å². The van der Waals surface area contributed by atoms with Gasteiger partial charge in [-0.1, -0.05) is 0 Å². The van der Waals surface area contributed by atoms with Gasteiger partial charge in [0.2, 0.25) is 5.91 Å². The van der Waals surface area contributed by atoms with Crippen molar-refractivity contribution in [1.29, 1.82) is 0 Å². The number of unbranched alkanes of at least 4 members (excludes halogenated alkanes) is 1. The van der Waals surface area contributed by atoms with Gasteiger partial charge < -0.3 is 19.9 Å². The molecule has 0 unspecified atom stereocenters. The number of piperazine rings is 1. The largest absolute Gasteiger partial charge is 0.379 e. The molecule has 2 aliphatic heterocycles. The Balaban J connectivity index is 1.38. The van der Waals surface area contributed by atoms with E-state index in [1.54, 1.807) is 22.8 Å². The number of nitrogens with zero attached hydrogens (tertiary/aromatic N) is 6. The molecular weight excluding hydrogens is 346 g/mol. The standard InChI is InChI=1S/C18H31N7O2/c1-19-18(20-5-3-4-6-23-9-11-27-12-10-23)24-7-8-25(17(26)15-24)16-13-21-22(2)14-16/h13-14H,3-12,15H2,1-2H3,(H,19,20). The summed E-state index contributed by atoms with van der Waals surface area (Å²) in [6, 6.07) is 0. The van der Waals surface area contributed by atoms with Crippen molar-refractivity contribution < 1.29 is 9.53 Å². The van der Waals surface area contributed by atoms with Gasteiger partial charge in [-0.15, -0.1) is 0 Å². The van der Waals surface area contributed by atoms with Gasteiger partial charge in [-0.05, 0) is 19.4 Å². The summed E-state index contributed by atoms with van der Waals surface area (Å²) >= 11 is 0. The van der Waals surface area contributed by atoms with E-state index in [1.165, 1.54) is 0 Å². The molecular formula is C18H31N7O2. The number of hydrogen-bond donors (Lipinski definition) is 1. The van der Waals surface area contributed by atoms with Crippen LogP contribution in [-0.4, -0.2) is 97.5 Å². The zero-order chi connectivity index (χ0) is 19.1. The Bertz CT molecular complexity index is 639. The van der Waals surface area contributed by atoms with Gasteiger partial charge in [0.15, 0.2) is 5.96 Å². The summed E-state index contributed by atoms with van der Waals surface area (Å²) in [5, 5.41) is 7.55. The topological polar surface area (TPSA) is 78.2 Å². The predicted molar refractivity (Wildman–Crippen MR) is 105 cm³/mol. The van der Waals surface area contributed by atoms with Crippen LogP contribution < -0.4 is 10.2 Å². The van der Waals surface area contributed by atoms with Gasteiger partial charge in [0, 0.05) is 53.0 Å². The van der Waals surface area contributed by atoms with Crippen LogP contribution >= 0.6 is 0 Å². The fourth-order valence-corrected chi connectivity index (χ4v) is 3.49. The highest BCUT2D eigenvalue weighted by Gasteiger charge is 2.27. The van der Waals surface area contributed by atoms with Crippen LogP contribution in [0.2, 0.25) is 0 Å². The lowest BCUT2D eigenvalue weighted by atomic mass is 10.2. The highest BCUT2D eigenvalue weighted by atomic mass is 16.5. The smallest absolute Gasteiger partial charge is 0.246 e. The molecule has 0 aromatic carbocycles. The molecule has 1 amide bonds. The molecule has 1 N–H and O–H groups in total. The molecule has 150 valence electrons. The molecule has 0 aliphatic carbocycles. The molecule has 3 heterocycles. The summed E-state index contributed by atoms with van der Waals surface area (Å²) in [6.07, 6.45) is 5.84. The molecule has 2 fully saturated rings. The van der Waals surface area contributed by atoms with Crippen molar-refractivity contribution in [2.45, 2.75) is 12.8 Å². The first-order chi connectivity index (χ1) is 13.2. The normalized spacial score (nSPS) is 19.6. The maximum Gasteiger partial charge on any atom is 0.246 e. The van der Waals surface area contributed by atoms with E-state index in [2.05, 4.69) is 20.3 Å². The maximum atomic E-state index is 12.5. The number of rotatable bonds is 6. The second-order valence-electron chi connectivity index (χ2n) is 6.97. The summed E-state index contributed by atoms with van der Waals surface area (Å²) in [5.41, 5.74) is 0.855. The third kappa shape index (κ3) is 5.43. The number of guanidine groups is 1. The average molecular weight is 377 g/mol. The Morgan fingerprint density at radius 2 is 2.07 bits per heavy atom. The molecule has 1 aromatic rings. The van der Waals surface area contributed by atoms with Crippen LogP contribution in [0, 0.1) is 0 Å². The van der Waals surface area contributed by atoms with Gasteiger partial charge in [0.25, 0.3) is 0 Å². The fraction of sp³-hybridized carbons (Fsp3) is 0.722. The highest BCUT2D eigenvalue weighted by Crippen LogP contribution is 2.16. The van der Waals surface area contributed by atoms with Crippen molar-refractivity contribution >= 4 is 17.6 Å². The van der Waals surface area contributed by atoms with Crippen molar-refractivity contribution in [3.8, 4) is 0 Å². The number of hydrogen-bond acceptors (Lipinski definition) is 5. The Morgan fingerprint density at radius 3 is 2.74 bits per heavy atom. The quantitative estimate of drug-likeness (QED) is 0.419. The van der Waals surface area contributed by atoms with E-state index in [-0.39, 0.29) is 5.91 Å². The highest BCUT2D eigenvalue weighted by molar-refractivity contribution is 5.98. The molecule has 1 aromatic heterocycles. The molecule has 0 spiro atoms. The molecule has 0 radical (unpaired) electrons. The Kier molecular flexibility index (Phi) is 7.05. The lowest BCUT2D eigenvalue weighted by Crippen LogP contribution is -2.55. The number of carbonyl (C=O) groups excluding carboxylic acids is 1. The molecule has 9 nitrogen and oxygen atoms in total. The number of anilines is 1. The van der Waals surface area contributed by atoms with Crippen molar-refractivity contribution in [3.05, 3.63) is 12.4 Å². The minimum absolute atomic E-state index is 0.0736. The summed E-state index contributed by atoms with van der Waals surface area (Å²) in [7, 11) is 3.63. The molecule has 0 atom stereocenters. The summed E-state index contributed by atoms with van der Waals surface area (Å²) < 4.78 is 7.09. The van der Waals surface area contributed by atoms with Crippen LogP contribution in [0.5, 0.6) is 0 Å². The minimum Gasteiger partial charge on any atom is -0.379 e. The molecule has 2 saturated heterocycles. The fourth-order valence-electron chi connectivity index (χ4n) is 3.49. The van der Waals surface area contributed by atoms with E-state index in [0.29, 0.717) is 13.1 Å². The first-order valence-electron chi connectivity index (χ1n) is 9.72. The number of aliphatic imine (C=N–C) groups is 1. The van der Waals surface area contributed by atoms with E-state index >= 15 is 0 Å². The van der Waals surface area contributed by atoms with Gasteiger partial charge in [0.1, 0.15) is 6.54 Å². The van der Waals surface area contributed by atoms with Gasteiger partial charge >= 0.3 is 0 Å². The van der Waals surface area contributed by atoms with Crippen molar-refractivity contribution in [3.63, 3.8) is 0 Å². The number of amides is 1. The molecule has 27 heavy (non-hydrogen) atoms. The molecule has 3 rings (SSSR count). The van der Waals surface area contributed by atoms with E-state index < -0.39 is 0 Å². The van der Waals surface area contributed by atoms with E-state index in [9.17, 15) is 4.79 Å².